The summed E-state index contributed by atoms with van der Waals surface area (Å²) in [5, 5.41) is 12.0. The van der Waals surface area contributed by atoms with Crippen LogP contribution in [0.5, 0.6) is 0 Å². The molecule has 1 aromatic carbocycles. The highest BCUT2D eigenvalue weighted by Gasteiger charge is 2.27. The van der Waals surface area contributed by atoms with Gasteiger partial charge in [0.05, 0.1) is 11.6 Å². The predicted molar refractivity (Wildman–Crippen MR) is 100 cm³/mol. The van der Waals surface area contributed by atoms with E-state index in [2.05, 4.69) is 28.3 Å². The van der Waals surface area contributed by atoms with Crippen molar-refractivity contribution in [2.45, 2.75) is 25.4 Å². The van der Waals surface area contributed by atoms with Crippen molar-refractivity contribution in [1.82, 2.24) is 14.8 Å². The maximum Gasteiger partial charge on any atom is 0.322 e. The van der Waals surface area contributed by atoms with E-state index in [4.69, 9.17) is 5.26 Å². The van der Waals surface area contributed by atoms with Crippen LogP contribution in [0.1, 0.15) is 24.0 Å². The van der Waals surface area contributed by atoms with Crippen molar-refractivity contribution in [2.24, 2.45) is 0 Å². The maximum absolute atomic E-state index is 13.0. The van der Waals surface area contributed by atoms with Crippen LogP contribution in [0.25, 0.3) is 0 Å². The molecule has 0 spiro atoms. The lowest BCUT2D eigenvalue weighted by molar-refractivity contribution is 0.135. The molecule has 1 aromatic heterocycles. The van der Waals surface area contributed by atoms with E-state index in [0.29, 0.717) is 17.8 Å². The van der Waals surface area contributed by atoms with Crippen LogP contribution in [0.4, 0.5) is 10.5 Å². The number of carbonyl (C=O) groups excluding carboxylic acids is 1. The fourth-order valence-electron chi connectivity index (χ4n) is 3.22. The van der Waals surface area contributed by atoms with Gasteiger partial charge >= 0.3 is 6.03 Å². The summed E-state index contributed by atoms with van der Waals surface area (Å²) in [6.07, 6.45) is 5.40. The van der Waals surface area contributed by atoms with E-state index < -0.39 is 0 Å². The van der Waals surface area contributed by atoms with Crippen molar-refractivity contribution in [2.75, 3.05) is 25.5 Å². The number of likely N-dealkylation sites (tertiary alicyclic amines) is 1. The van der Waals surface area contributed by atoms with Crippen molar-refractivity contribution in [3.63, 3.8) is 0 Å². The first-order chi connectivity index (χ1) is 12.7. The molecule has 1 aliphatic heterocycles. The summed E-state index contributed by atoms with van der Waals surface area (Å²) in [4.78, 5) is 21.2. The lowest BCUT2D eigenvalue weighted by Crippen LogP contribution is -2.47. The first kappa shape index (κ1) is 17.9. The molecule has 3 rings (SSSR count). The number of urea groups is 1. The van der Waals surface area contributed by atoms with Crippen LogP contribution in [0.3, 0.4) is 0 Å². The van der Waals surface area contributed by atoms with E-state index in [1.807, 2.05) is 17.0 Å². The monoisotopic (exact) mass is 349 g/mol. The standard InChI is InChI=1S/C20H23N5O/c1-24-11-7-19(8-12-24)25(15-16-5-9-22-10-6-16)20(26)23-18-4-2-3-17(13-18)14-21/h2-6,9-10,13,19H,7-8,11-12,15H2,1H3,(H,23,26). The molecular weight excluding hydrogens is 326 g/mol. The number of hydrogen-bond acceptors (Lipinski definition) is 4. The molecule has 0 bridgehead atoms. The highest BCUT2D eigenvalue weighted by atomic mass is 16.2. The zero-order valence-corrected chi connectivity index (χ0v) is 14.9. The molecule has 1 fully saturated rings. The molecule has 1 saturated heterocycles. The minimum absolute atomic E-state index is 0.133. The summed E-state index contributed by atoms with van der Waals surface area (Å²) >= 11 is 0. The van der Waals surface area contributed by atoms with Gasteiger partial charge in [0.15, 0.2) is 0 Å². The molecule has 134 valence electrons. The first-order valence-electron chi connectivity index (χ1n) is 8.81. The second-order valence-corrected chi connectivity index (χ2v) is 6.64. The van der Waals surface area contributed by atoms with E-state index in [1.165, 1.54) is 0 Å². The topological polar surface area (TPSA) is 72.3 Å². The highest BCUT2D eigenvalue weighted by molar-refractivity contribution is 5.89. The molecule has 6 heteroatoms. The van der Waals surface area contributed by atoms with Gasteiger partial charge in [-0.2, -0.15) is 5.26 Å². The van der Waals surface area contributed by atoms with Gasteiger partial charge in [-0.1, -0.05) is 6.07 Å². The van der Waals surface area contributed by atoms with Crippen LogP contribution in [0, 0.1) is 11.3 Å². The number of nitrogens with one attached hydrogen (secondary N) is 1. The third-order valence-electron chi connectivity index (χ3n) is 4.73. The van der Waals surface area contributed by atoms with Crippen molar-refractivity contribution < 1.29 is 4.79 Å². The quantitative estimate of drug-likeness (QED) is 0.921. The minimum atomic E-state index is -0.133. The summed E-state index contributed by atoms with van der Waals surface area (Å²) < 4.78 is 0. The van der Waals surface area contributed by atoms with Crippen LogP contribution >= 0.6 is 0 Å². The first-order valence-corrected chi connectivity index (χ1v) is 8.81. The summed E-state index contributed by atoms with van der Waals surface area (Å²) in [6.45, 7) is 2.50. The van der Waals surface area contributed by atoms with Crippen molar-refractivity contribution in [1.29, 1.82) is 5.26 Å². The van der Waals surface area contributed by atoms with Crippen molar-refractivity contribution in [3.8, 4) is 6.07 Å². The van der Waals surface area contributed by atoms with Crippen LogP contribution in [-0.4, -0.2) is 47.0 Å². The summed E-state index contributed by atoms with van der Waals surface area (Å²) in [5.74, 6) is 0. The van der Waals surface area contributed by atoms with Gasteiger partial charge in [-0.3, -0.25) is 4.98 Å². The number of carbonyl (C=O) groups is 1. The van der Waals surface area contributed by atoms with E-state index in [9.17, 15) is 4.79 Å². The van der Waals surface area contributed by atoms with E-state index in [0.717, 1.165) is 31.5 Å². The Labute approximate surface area is 154 Å². The number of nitrogens with zero attached hydrogens (tertiary/aromatic N) is 4. The summed E-state index contributed by atoms with van der Waals surface area (Å²) in [7, 11) is 2.11. The average Bonchev–Trinajstić information content (AvgIpc) is 2.68. The second kappa shape index (κ2) is 8.45. The number of rotatable bonds is 4. The third kappa shape index (κ3) is 4.58. The molecule has 2 amide bonds. The Balaban J connectivity index is 1.77. The number of amides is 2. The fourth-order valence-corrected chi connectivity index (χ4v) is 3.22. The Morgan fingerprint density at radius 2 is 2.04 bits per heavy atom. The molecule has 0 saturated carbocycles. The molecule has 2 aromatic rings. The molecule has 1 N–H and O–H groups in total. The second-order valence-electron chi connectivity index (χ2n) is 6.64. The minimum Gasteiger partial charge on any atom is -0.317 e. The molecule has 0 unspecified atom stereocenters. The molecule has 0 atom stereocenters. The third-order valence-corrected chi connectivity index (χ3v) is 4.73. The van der Waals surface area contributed by atoms with Gasteiger partial charge in [0.2, 0.25) is 0 Å². The van der Waals surface area contributed by atoms with Crippen LogP contribution in [-0.2, 0) is 6.54 Å². The Morgan fingerprint density at radius 1 is 1.31 bits per heavy atom. The summed E-state index contributed by atoms with van der Waals surface area (Å²) in [5.41, 5.74) is 2.23. The van der Waals surface area contributed by atoms with Gasteiger partial charge in [0.25, 0.3) is 0 Å². The van der Waals surface area contributed by atoms with Gasteiger partial charge in [-0.15, -0.1) is 0 Å². The largest absolute Gasteiger partial charge is 0.322 e. The number of nitriles is 1. The normalized spacial score (nSPS) is 15.2. The number of benzene rings is 1. The Morgan fingerprint density at radius 3 is 2.73 bits per heavy atom. The molecule has 2 heterocycles. The van der Waals surface area contributed by atoms with Gasteiger partial charge in [0, 0.05) is 30.7 Å². The van der Waals surface area contributed by atoms with E-state index >= 15 is 0 Å². The molecule has 1 aliphatic rings. The van der Waals surface area contributed by atoms with Gasteiger partial charge in [-0.25, -0.2) is 4.79 Å². The number of aromatic nitrogens is 1. The lowest BCUT2D eigenvalue weighted by atomic mass is 10.0. The Bertz CT molecular complexity index is 778. The molecule has 6 nitrogen and oxygen atoms in total. The predicted octanol–water partition coefficient (Wildman–Crippen LogP) is 3.08. The number of piperidine rings is 1. The molecular formula is C20H23N5O. The lowest BCUT2D eigenvalue weighted by Gasteiger charge is -2.37. The highest BCUT2D eigenvalue weighted by Crippen LogP contribution is 2.20. The molecule has 0 aliphatic carbocycles. The van der Waals surface area contributed by atoms with Crippen molar-refractivity contribution >= 4 is 11.7 Å². The van der Waals surface area contributed by atoms with Crippen LogP contribution in [0.2, 0.25) is 0 Å². The molecule has 0 radical (unpaired) electrons. The van der Waals surface area contributed by atoms with Gasteiger partial charge < -0.3 is 15.1 Å². The van der Waals surface area contributed by atoms with Crippen molar-refractivity contribution in [3.05, 3.63) is 59.9 Å². The average molecular weight is 349 g/mol. The zero-order chi connectivity index (χ0) is 18.4. The number of hydrogen-bond donors (Lipinski definition) is 1. The molecule has 26 heavy (non-hydrogen) atoms. The van der Waals surface area contributed by atoms with E-state index in [1.54, 1.807) is 36.7 Å². The van der Waals surface area contributed by atoms with Crippen LogP contribution < -0.4 is 5.32 Å². The van der Waals surface area contributed by atoms with Gasteiger partial charge in [0.1, 0.15) is 0 Å². The Hall–Kier alpha value is -2.91. The van der Waals surface area contributed by atoms with Gasteiger partial charge in [-0.05, 0) is 68.9 Å². The Kier molecular flexibility index (Phi) is 5.82. The number of anilines is 1. The van der Waals surface area contributed by atoms with E-state index in [-0.39, 0.29) is 12.1 Å². The fraction of sp³-hybridized carbons (Fsp3) is 0.350. The SMILES string of the molecule is CN1CCC(N(Cc2ccncc2)C(=O)Nc2cccc(C#N)c2)CC1. The van der Waals surface area contributed by atoms with Crippen LogP contribution in [0.15, 0.2) is 48.8 Å². The smallest absolute Gasteiger partial charge is 0.317 e. The summed E-state index contributed by atoms with van der Waals surface area (Å²) in [6, 6.07) is 13.0. The zero-order valence-electron chi connectivity index (χ0n) is 14.9. The number of pyridine rings is 1. The maximum atomic E-state index is 13.0.